The van der Waals surface area contributed by atoms with Crippen LogP contribution in [0.25, 0.3) is 6.08 Å². The van der Waals surface area contributed by atoms with Gasteiger partial charge in [-0.05, 0) is 54.2 Å². The molecule has 4 bridgehead atoms. The molecule has 4 aliphatic carbocycles. The summed E-state index contributed by atoms with van der Waals surface area (Å²) in [7, 11) is 0. The van der Waals surface area contributed by atoms with Gasteiger partial charge in [-0.15, -0.1) is 0 Å². The third-order valence-corrected chi connectivity index (χ3v) is 10.6. The van der Waals surface area contributed by atoms with E-state index in [2.05, 4.69) is 6.58 Å². The number of esters is 2. The highest BCUT2D eigenvalue weighted by Crippen LogP contribution is 2.77. The van der Waals surface area contributed by atoms with Gasteiger partial charge < -0.3 is 24.4 Å². The Morgan fingerprint density at radius 1 is 1.13 bits per heavy atom. The van der Waals surface area contributed by atoms with Crippen LogP contribution in [-0.2, 0) is 28.6 Å². The molecule has 2 saturated heterocycles. The Kier molecular flexibility index (Phi) is 5.82. The number of hydrogen-bond donors (Lipinski definition) is 2. The highest BCUT2D eigenvalue weighted by Gasteiger charge is 2.88. The molecule has 0 radical (unpaired) electrons. The smallest absolute Gasteiger partial charge is 0.331 e. The molecule has 2 aliphatic heterocycles. The van der Waals surface area contributed by atoms with Crippen LogP contribution < -0.4 is 0 Å². The summed E-state index contributed by atoms with van der Waals surface area (Å²) in [6.45, 7) is 9.51. The third kappa shape index (κ3) is 3.25. The number of hydrogen-bond acceptors (Lipinski definition) is 8. The predicted octanol–water partition coefficient (Wildman–Crippen LogP) is 3.21. The van der Waals surface area contributed by atoms with Crippen LogP contribution in [0.2, 0.25) is 0 Å². The Morgan fingerprint density at radius 3 is 2.54 bits per heavy atom. The number of ketones is 1. The monoisotopic (exact) mass is 536 g/mol. The minimum absolute atomic E-state index is 0.0258. The molecule has 0 aromatic heterocycles. The fourth-order valence-electron chi connectivity index (χ4n) is 9.28. The molecule has 2 spiro atoms. The van der Waals surface area contributed by atoms with E-state index in [1.807, 2.05) is 44.2 Å². The van der Waals surface area contributed by atoms with Crippen molar-refractivity contribution in [2.75, 3.05) is 6.61 Å². The molecule has 2 N–H and O–H groups in total. The second kappa shape index (κ2) is 8.59. The third-order valence-electron chi connectivity index (χ3n) is 10.6. The Morgan fingerprint density at radius 2 is 1.85 bits per heavy atom. The SMILES string of the molecule is C=C1C(=O)[C@]23[C@H](OC(=O)/C=C/c4ccccc4)[C@H]1CC[C@H]2[C@@]12CO[C@]3(O)[C@@H](O)[C@@H]1C(C)(C)CCC2OC(C)=O. The molecular formula is C31H36O8. The van der Waals surface area contributed by atoms with Crippen LogP contribution in [0.4, 0.5) is 0 Å². The summed E-state index contributed by atoms with van der Waals surface area (Å²) in [5, 5.41) is 24.3. The van der Waals surface area contributed by atoms with Gasteiger partial charge in [0.1, 0.15) is 23.7 Å². The predicted molar refractivity (Wildman–Crippen MR) is 140 cm³/mol. The van der Waals surface area contributed by atoms with Crippen molar-refractivity contribution >= 4 is 23.8 Å². The van der Waals surface area contributed by atoms with Crippen LogP contribution >= 0.6 is 0 Å². The van der Waals surface area contributed by atoms with Crippen molar-refractivity contribution in [2.45, 2.75) is 70.6 Å². The molecule has 1 aromatic carbocycles. The number of aliphatic hydroxyl groups is 2. The van der Waals surface area contributed by atoms with Gasteiger partial charge in [-0.25, -0.2) is 4.79 Å². The summed E-state index contributed by atoms with van der Waals surface area (Å²) >= 11 is 0. The first kappa shape index (κ1) is 26.4. The lowest BCUT2D eigenvalue weighted by Crippen LogP contribution is -2.86. The van der Waals surface area contributed by atoms with E-state index >= 15 is 0 Å². The van der Waals surface area contributed by atoms with E-state index in [0.29, 0.717) is 25.7 Å². The minimum atomic E-state index is -2.29. The molecule has 6 fully saturated rings. The van der Waals surface area contributed by atoms with Crippen LogP contribution in [0.15, 0.2) is 48.6 Å². The Labute approximate surface area is 228 Å². The maximum atomic E-state index is 14.2. The second-order valence-corrected chi connectivity index (χ2v) is 12.7. The number of Topliss-reactive ketones (excluding diaryl/α,β-unsaturated/α-hetero) is 1. The molecule has 6 aliphatic rings. The van der Waals surface area contributed by atoms with Gasteiger partial charge in [0.05, 0.1) is 6.61 Å². The van der Waals surface area contributed by atoms with Crippen molar-refractivity contribution in [2.24, 2.45) is 34.0 Å². The Balaban J connectivity index is 1.48. The highest BCUT2D eigenvalue weighted by molar-refractivity contribution is 6.05. The first-order chi connectivity index (χ1) is 18.4. The van der Waals surface area contributed by atoms with Gasteiger partial charge in [0, 0.05) is 30.3 Å². The molecule has 4 saturated carbocycles. The first-order valence-corrected chi connectivity index (χ1v) is 13.8. The topological polar surface area (TPSA) is 119 Å². The zero-order chi connectivity index (χ0) is 28.0. The van der Waals surface area contributed by atoms with Crippen LogP contribution in [0, 0.1) is 34.0 Å². The molecule has 8 nitrogen and oxygen atoms in total. The molecule has 9 atom stereocenters. The lowest BCUT2D eigenvalue weighted by atomic mass is 9.35. The molecular weight excluding hydrogens is 500 g/mol. The van der Waals surface area contributed by atoms with Crippen molar-refractivity contribution in [3.63, 3.8) is 0 Å². The van der Waals surface area contributed by atoms with Gasteiger partial charge in [0.25, 0.3) is 0 Å². The molecule has 2 heterocycles. The zero-order valence-corrected chi connectivity index (χ0v) is 22.6. The van der Waals surface area contributed by atoms with Crippen molar-refractivity contribution in [3.8, 4) is 0 Å². The average molecular weight is 537 g/mol. The van der Waals surface area contributed by atoms with Gasteiger partial charge >= 0.3 is 11.9 Å². The fraction of sp³-hybridized carbons (Fsp3) is 0.581. The van der Waals surface area contributed by atoms with E-state index in [-0.39, 0.29) is 12.2 Å². The van der Waals surface area contributed by atoms with E-state index in [9.17, 15) is 24.6 Å². The number of benzene rings is 1. The van der Waals surface area contributed by atoms with Crippen LogP contribution in [0.1, 0.15) is 52.0 Å². The lowest BCUT2D eigenvalue weighted by Gasteiger charge is -2.74. The van der Waals surface area contributed by atoms with Crippen molar-refractivity contribution in [1.82, 2.24) is 0 Å². The molecule has 208 valence electrons. The standard InChI is InChI=1S/C31H36O8/c1-17-20-11-12-21-29-16-37-31(36,26(35)24(29)28(3,4)15-14-22(29)38-18(2)32)30(21,25(17)34)27(20)39-23(33)13-10-19-8-6-5-7-9-19/h5-10,13,20-22,24,26-27,35-36H,1,11-12,14-16H2,2-4H3/b13-10+/t20-,21-,22?,24+,26-,27+,29+,30-,31+/m0/s1. The second-order valence-electron chi connectivity index (χ2n) is 12.7. The van der Waals surface area contributed by atoms with Crippen LogP contribution in [0.5, 0.6) is 0 Å². The molecule has 7 rings (SSSR count). The number of rotatable bonds is 4. The summed E-state index contributed by atoms with van der Waals surface area (Å²) in [5.41, 5.74) is -2.07. The van der Waals surface area contributed by atoms with Crippen molar-refractivity contribution < 1.29 is 38.8 Å². The number of aliphatic hydroxyl groups excluding tert-OH is 1. The summed E-state index contributed by atoms with van der Waals surface area (Å²) in [6, 6.07) is 9.28. The zero-order valence-electron chi connectivity index (χ0n) is 22.6. The molecule has 8 heteroatoms. The summed E-state index contributed by atoms with van der Waals surface area (Å²) in [4.78, 5) is 39.7. The Bertz CT molecular complexity index is 1270. The van der Waals surface area contributed by atoms with E-state index in [4.69, 9.17) is 14.2 Å². The maximum absolute atomic E-state index is 14.2. The van der Waals surface area contributed by atoms with Gasteiger partial charge in [-0.3, -0.25) is 9.59 Å². The maximum Gasteiger partial charge on any atom is 0.331 e. The summed E-state index contributed by atoms with van der Waals surface area (Å²) < 4.78 is 18.1. The van der Waals surface area contributed by atoms with Crippen molar-refractivity contribution in [3.05, 3.63) is 54.1 Å². The quantitative estimate of drug-likeness (QED) is 0.445. The number of carbonyl (C=O) groups excluding carboxylic acids is 3. The minimum Gasteiger partial charge on any atom is -0.462 e. The first-order valence-electron chi connectivity index (χ1n) is 13.8. The number of ether oxygens (including phenoxy) is 3. The molecule has 0 amide bonds. The average Bonchev–Trinajstić information content (AvgIpc) is 3.00. The molecule has 1 aromatic rings. The van der Waals surface area contributed by atoms with E-state index in [1.54, 1.807) is 6.08 Å². The van der Waals surface area contributed by atoms with Gasteiger partial charge in [-0.2, -0.15) is 0 Å². The van der Waals surface area contributed by atoms with Gasteiger partial charge in [0.15, 0.2) is 5.78 Å². The van der Waals surface area contributed by atoms with E-state index in [1.165, 1.54) is 13.0 Å². The summed E-state index contributed by atoms with van der Waals surface area (Å²) in [5.74, 6) is -5.42. The van der Waals surface area contributed by atoms with E-state index < -0.39 is 75.8 Å². The largest absolute Gasteiger partial charge is 0.462 e. The van der Waals surface area contributed by atoms with E-state index in [0.717, 1.165) is 5.56 Å². The summed E-state index contributed by atoms with van der Waals surface area (Å²) in [6.07, 6.45) is 2.00. The van der Waals surface area contributed by atoms with Crippen LogP contribution in [-0.4, -0.2) is 58.6 Å². The Hall–Kier alpha value is -2.81. The fourth-order valence-corrected chi connectivity index (χ4v) is 9.28. The van der Waals surface area contributed by atoms with Crippen LogP contribution in [0.3, 0.4) is 0 Å². The number of carbonyl (C=O) groups is 3. The molecule has 39 heavy (non-hydrogen) atoms. The van der Waals surface area contributed by atoms with Gasteiger partial charge in [-0.1, -0.05) is 50.8 Å². The number of fused-ring (bicyclic) bond motifs is 2. The normalized spacial score (nSPS) is 43.6. The lowest BCUT2D eigenvalue weighted by molar-refractivity contribution is -0.457. The van der Waals surface area contributed by atoms with Gasteiger partial charge in [0.2, 0.25) is 5.79 Å². The van der Waals surface area contributed by atoms with Crippen molar-refractivity contribution in [1.29, 1.82) is 0 Å². The highest BCUT2D eigenvalue weighted by atomic mass is 16.7. The molecule has 1 unspecified atom stereocenters.